The Morgan fingerprint density at radius 2 is 2.16 bits per heavy atom. The second-order valence-electron chi connectivity index (χ2n) is 6.53. The number of benzene rings is 1. The SMILES string of the molecule is Clc1ncnc2cc(OCCC3CCCN3)cc(N3CCOCC3)c12. The summed E-state index contributed by atoms with van der Waals surface area (Å²) in [5.74, 6) is 0.835. The lowest BCUT2D eigenvalue weighted by molar-refractivity contribution is 0.123. The number of nitrogens with one attached hydrogen (secondary N) is 1. The molecule has 7 heteroatoms. The Bertz CT molecular complexity index is 730. The highest BCUT2D eigenvalue weighted by molar-refractivity contribution is 6.35. The van der Waals surface area contributed by atoms with Crippen molar-refractivity contribution in [1.82, 2.24) is 15.3 Å². The van der Waals surface area contributed by atoms with Gasteiger partial charge in [-0.3, -0.25) is 0 Å². The quantitative estimate of drug-likeness (QED) is 0.825. The van der Waals surface area contributed by atoms with Crippen LogP contribution in [0.3, 0.4) is 0 Å². The highest BCUT2D eigenvalue weighted by Gasteiger charge is 2.19. The molecule has 6 nitrogen and oxygen atoms in total. The van der Waals surface area contributed by atoms with Crippen molar-refractivity contribution < 1.29 is 9.47 Å². The number of nitrogens with zero attached hydrogens (tertiary/aromatic N) is 3. The van der Waals surface area contributed by atoms with Gasteiger partial charge >= 0.3 is 0 Å². The number of hydrogen-bond donors (Lipinski definition) is 1. The zero-order valence-electron chi connectivity index (χ0n) is 14.2. The van der Waals surface area contributed by atoms with Crippen LogP contribution >= 0.6 is 11.6 Å². The fraction of sp³-hybridized carbons (Fsp3) is 0.556. The molecule has 0 spiro atoms. The summed E-state index contributed by atoms with van der Waals surface area (Å²) in [5.41, 5.74) is 1.85. The minimum Gasteiger partial charge on any atom is -0.493 e. The van der Waals surface area contributed by atoms with Crippen molar-refractivity contribution in [2.24, 2.45) is 0 Å². The summed E-state index contributed by atoms with van der Waals surface area (Å²) in [4.78, 5) is 10.8. The smallest absolute Gasteiger partial charge is 0.142 e. The predicted octanol–water partition coefficient (Wildman–Crippen LogP) is 2.64. The number of hydrogen-bond acceptors (Lipinski definition) is 6. The predicted molar refractivity (Wildman–Crippen MR) is 98.7 cm³/mol. The molecule has 2 fully saturated rings. The van der Waals surface area contributed by atoms with Crippen LogP contribution in [-0.4, -0.2) is 55.5 Å². The number of anilines is 1. The summed E-state index contributed by atoms with van der Waals surface area (Å²) in [6.45, 7) is 4.91. The standard InChI is InChI=1S/C18H23ClN4O2/c19-18-17-15(21-12-22-18)10-14(25-7-3-13-2-1-4-20-13)11-16(17)23-5-8-24-9-6-23/h10-13,20H,1-9H2. The van der Waals surface area contributed by atoms with Crippen LogP contribution in [0.2, 0.25) is 5.15 Å². The molecule has 1 aromatic carbocycles. The van der Waals surface area contributed by atoms with Gasteiger partial charge in [0.2, 0.25) is 0 Å². The van der Waals surface area contributed by atoms with Crippen LogP contribution in [0.1, 0.15) is 19.3 Å². The molecule has 0 aliphatic carbocycles. The van der Waals surface area contributed by atoms with E-state index in [9.17, 15) is 0 Å². The van der Waals surface area contributed by atoms with Crippen LogP contribution in [0.25, 0.3) is 10.9 Å². The van der Waals surface area contributed by atoms with E-state index >= 15 is 0 Å². The molecule has 1 aromatic heterocycles. The number of halogens is 1. The maximum absolute atomic E-state index is 6.37. The normalized spacial score (nSPS) is 21.0. The molecule has 2 aliphatic heterocycles. The van der Waals surface area contributed by atoms with Gasteiger partial charge in [0.25, 0.3) is 0 Å². The van der Waals surface area contributed by atoms with E-state index in [0.717, 1.165) is 48.4 Å². The molecule has 1 atom stereocenters. The molecule has 0 saturated carbocycles. The monoisotopic (exact) mass is 362 g/mol. The largest absolute Gasteiger partial charge is 0.493 e. The molecule has 25 heavy (non-hydrogen) atoms. The molecular weight excluding hydrogens is 340 g/mol. The number of rotatable bonds is 5. The molecule has 2 aliphatic rings. The Morgan fingerprint density at radius 3 is 2.96 bits per heavy atom. The van der Waals surface area contributed by atoms with E-state index in [-0.39, 0.29) is 0 Å². The number of morpholine rings is 1. The number of fused-ring (bicyclic) bond motifs is 1. The van der Waals surface area contributed by atoms with E-state index in [1.54, 1.807) is 0 Å². The van der Waals surface area contributed by atoms with Crippen molar-refractivity contribution >= 4 is 28.2 Å². The van der Waals surface area contributed by atoms with Gasteiger partial charge in [0, 0.05) is 31.3 Å². The average molecular weight is 363 g/mol. The van der Waals surface area contributed by atoms with Gasteiger partial charge in [-0.1, -0.05) is 11.6 Å². The minimum atomic E-state index is 0.480. The molecule has 3 heterocycles. The lowest BCUT2D eigenvalue weighted by atomic mass is 10.1. The lowest BCUT2D eigenvalue weighted by Gasteiger charge is -2.30. The van der Waals surface area contributed by atoms with Crippen molar-refractivity contribution in [2.75, 3.05) is 44.4 Å². The van der Waals surface area contributed by atoms with Gasteiger partial charge in [-0.15, -0.1) is 0 Å². The second-order valence-corrected chi connectivity index (χ2v) is 6.89. The van der Waals surface area contributed by atoms with Crippen LogP contribution in [0.5, 0.6) is 5.75 Å². The fourth-order valence-corrected chi connectivity index (χ4v) is 3.80. The fourth-order valence-electron chi connectivity index (χ4n) is 3.57. The van der Waals surface area contributed by atoms with E-state index in [2.05, 4.69) is 26.3 Å². The van der Waals surface area contributed by atoms with Crippen molar-refractivity contribution in [3.8, 4) is 5.75 Å². The lowest BCUT2D eigenvalue weighted by Crippen LogP contribution is -2.36. The Labute approximate surface area is 152 Å². The third-order valence-corrected chi connectivity index (χ3v) is 5.18. The van der Waals surface area contributed by atoms with Gasteiger partial charge in [-0.25, -0.2) is 9.97 Å². The van der Waals surface area contributed by atoms with Gasteiger partial charge < -0.3 is 19.7 Å². The van der Waals surface area contributed by atoms with Crippen LogP contribution in [0.15, 0.2) is 18.5 Å². The molecular formula is C18H23ClN4O2. The zero-order chi connectivity index (χ0) is 17.1. The topological polar surface area (TPSA) is 59.5 Å². The van der Waals surface area contributed by atoms with Crippen molar-refractivity contribution in [1.29, 1.82) is 0 Å². The third-order valence-electron chi connectivity index (χ3n) is 4.89. The van der Waals surface area contributed by atoms with Crippen molar-refractivity contribution in [3.63, 3.8) is 0 Å². The molecule has 134 valence electrons. The van der Waals surface area contributed by atoms with Gasteiger partial charge in [0.05, 0.1) is 36.4 Å². The van der Waals surface area contributed by atoms with Gasteiger partial charge in [-0.2, -0.15) is 0 Å². The van der Waals surface area contributed by atoms with Gasteiger partial charge in [0.1, 0.15) is 17.2 Å². The van der Waals surface area contributed by atoms with Crippen LogP contribution in [0, 0.1) is 0 Å². The first-order valence-electron chi connectivity index (χ1n) is 8.94. The van der Waals surface area contributed by atoms with E-state index in [1.165, 1.54) is 19.2 Å². The Balaban J connectivity index is 1.58. The molecule has 4 rings (SSSR count). The molecule has 1 unspecified atom stereocenters. The minimum absolute atomic E-state index is 0.480. The first kappa shape index (κ1) is 16.8. The Hall–Kier alpha value is -1.63. The highest BCUT2D eigenvalue weighted by atomic mass is 35.5. The summed E-state index contributed by atoms with van der Waals surface area (Å²) in [6.07, 6.45) is 5.02. The summed E-state index contributed by atoms with van der Waals surface area (Å²) in [7, 11) is 0. The molecule has 0 radical (unpaired) electrons. The molecule has 1 N–H and O–H groups in total. The zero-order valence-corrected chi connectivity index (χ0v) is 15.0. The second kappa shape index (κ2) is 7.72. The molecule has 0 amide bonds. The maximum Gasteiger partial charge on any atom is 0.142 e. The third kappa shape index (κ3) is 3.81. The van der Waals surface area contributed by atoms with Crippen molar-refractivity contribution in [3.05, 3.63) is 23.6 Å². The maximum atomic E-state index is 6.37. The molecule has 2 aromatic rings. The summed E-state index contributed by atoms with van der Waals surface area (Å²) < 4.78 is 11.5. The van der Waals surface area contributed by atoms with Crippen LogP contribution in [-0.2, 0) is 4.74 Å². The van der Waals surface area contributed by atoms with E-state index in [0.29, 0.717) is 31.0 Å². The molecule has 2 saturated heterocycles. The summed E-state index contributed by atoms with van der Waals surface area (Å²) >= 11 is 6.37. The number of ether oxygens (including phenoxy) is 2. The summed E-state index contributed by atoms with van der Waals surface area (Å²) in [6, 6.07) is 4.59. The first-order chi connectivity index (χ1) is 12.3. The van der Waals surface area contributed by atoms with E-state index in [1.807, 2.05) is 6.07 Å². The average Bonchev–Trinajstić information content (AvgIpc) is 3.15. The van der Waals surface area contributed by atoms with Crippen LogP contribution < -0.4 is 15.0 Å². The van der Waals surface area contributed by atoms with Crippen LogP contribution in [0.4, 0.5) is 5.69 Å². The first-order valence-corrected chi connectivity index (χ1v) is 9.32. The Kier molecular flexibility index (Phi) is 5.20. The van der Waals surface area contributed by atoms with Gasteiger partial charge in [-0.05, 0) is 25.8 Å². The van der Waals surface area contributed by atoms with Gasteiger partial charge in [0.15, 0.2) is 0 Å². The highest BCUT2D eigenvalue weighted by Crippen LogP contribution is 2.35. The van der Waals surface area contributed by atoms with Crippen molar-refractivity contribution in [2.45, 2.75) is 25.3 Å². The number of aromatic nitrogens is 2. The Morgan fingerprint density at radius 1 is 1.28 bits per heavy atom. The summed E-state index contributed by atoms with van der Waals surface area (Å²) in [5, 5.41) is 4.87. The molecule has 0 bridgehead atoms. The van der Waals surface area contributed by atoms with E-state index in [4.69, 9.17) is 21.1 Å². The van der Waals surface area contributed by atoms with E-state index < -0.39 is 0 Å².